The van der Waals surface area contributed by atoms with Crippen molar-refractivity contribution in [3.05, 3.63) is 114 Å². The number of Topliss-reactive ketones (excluding diaryl/α,β-unsaturated/α-hetero) is 1. The first-order valence-corrected chi connectivity index (χ1v) is 10.2. The second-order valence-corrected chi connectivity index (χ2v) is 7.57. The third-order valence-electron chi connectivity index (χ3n) is 5.63. The molecule has 0 aliphatic carbocycles. The average molecular weight is 421 g/mol. The van der Waals surface area contributed by atoms with Crippen molar-refractivity contribution in [1.29, 1.82) is 0 Å². The number of aromatic nitrogens is 2. The number of hydrogen-bond donors (Lipinski definition) is 1. The van der Waals surface area contributed by atoms with Crippen LogP contribution in [-0.4, -0.2) is 31.7 Å². The van der Waals surface area contributed by atoms with E-state index < -0.39 is 17.7 Å². The molecule has 1 fully saturated rings. The summed E-state index contributed by atoms with van der Waals surface area (Å²) in [7, 11) is 0. The number of ketones is 1. The Labute approximate surface area is 184 Å². The number of fused-ring (bicyclic) bond motifs is 1. The second kappa shape index (κ2) is 8.07. The number of carbonyl (C=O) groups excluding carboxylic acids is 2. The minimum atomic E-state index is -0.810. The average Bonchev–Trinajstić information content (AvgIpc) is 3.09. The zero-order valence-corrected chi connectivity index (χ0v) is 17.1. The van der Waals surface area contributed by atoms with Crippen molar-refractivity contribution in [3.8, 4) is 0 Å². The van der Waals surface area contributed by atoms with Gasteiger partial charge in [-0.3, -0.25) is 19.6 Å². The maximum absolute atomic E-state index is 13.2. The number of amides is 1. The van der Waals surface area contributed by atoms with Crippen LogP contribution < -0.4 is 0 Å². The Hall–Kier alpha value is -4.32. The van der Waals surface area contributed by atoms with Gasteiger partial charge in [0.1, 0.15) is 11.8 Å². The van der Waals surface area contributed by atoms with Crippen LogP contribution in [0.3, 0.4) is 0 Å². The van der Waals surface area contributed by atoms with E-state index in [-0.39, 0.29) is 17.9 Å². The minimum absolute atomic E-state index is 0.0361. The molecule has 0 spiro atoms. The maximum Gasteiger partial charge on any atom is 0.296 e. The number of rotatable bonds is 4. The van der Waals surface area contributed by atoms with Crippen molar-refractivity contribution in [2.75, 3.05) is 0 Å². The summed E-state index contributed by atoms with van der Waals surface area (Å²) in [4.78, 5) is 36.2. The highest BCUT2D eigenvalue weighted by Crippen LogP contribution is 2.40. The molecule has 1 N–H and O–H groups in total. The molecule has 0 bridgehead atoms. The summed E-state index contributed by atoms with van der Waals surface area (Å²) in [5, 5.41) is 13.1. The highest BCUT2D eigenvalue weighted by molar-refractivity contribution is 6.46. The number of aliphatic hydroxyl groups excluding tert-OH is 1. The predicted octanol–water partition coefficient (Wildman–Crippen LogP) is 4.25. The number of benzene rings is 2. The van der Waals surface area contributed by atoms with Crippen LogP contribution >= 0.6 is 0 Å². The van der Waals surface area contributed by atoms with E-state index >= 15 is 0 Å². The SMILES string of the molecule is O=C1C(=O)N(Cc2cccnc2)C(c2ccccn2)/C1=C(/O)c1cccc2ccccc12. The third-order valence-corrected chi connectivity index (χ3v) is 5.63. The third kappa shape index (κ3) is 3.32. The number of hydrogen-bond acceptors (Lipinski definition) is 5. The Bertz CT molecular complexity index is 1350. The van der Waals surface area contributed by atoms with Crippen LogP contribution in [0.2, 0.25) is 0 Å². The van der Waals surface area contributed by atoms with Crippen molar-refractivity contribution in [2.45, 2.75) is 12.6 Å². The number of aliphatic hydroxyl groups is 1. The Morgan fingerprint density at radius 2 is 1.72 bits per heavy atom. The molecule has 1 saturated heterocycles. The topological polar surface area (TPSA) is 83.4 Å². The van der Waals surface area contributed by atoms with Gasteiger partial charge in [-0.1, -0.05) is 54.6 Å². The van der Waals surface area contributed by atoms with Crippen molar-refractivity contribution >= 4 is 28.2 Å². The van der Waals surface area contributed by atoms with Crippen LogP contribution in [0.4, 0.5) is 0 Å². The molecule has 1 aliphatic heterocycles. The Balaban J connectivity index is 1.70. The molecule has 2 aromatic carbocycles. The second-order valence-electron chi connectivity index (χ2n) is 7.57. The quantitative estimate of drug-likeness (QED) is 0.303. The molecule has 156 valence electrons. The smallest absolute Gasteiger partial charge is 0.296 e. The van der Waals surface area contributed by atoms with Crippen molar-refractivity contribution in [3.63, 3.8) is 0 Å². The Morgan fingerprint density at radius 3 is 2.50 bits per heavy atom. The van der Waals surface area contributed by atoms with Crippen molar-refractivity contribution in [1.82, 2.24) is 14.9 Å². The Morgan fingerprint density at radius 1 is 0.906 bits per heavy atom. The first kappa shape index (κ1) is 19.6. The van der Waals surface area contributed by atoms with Gasteiger partial charge in [-0.2, -0.15) is 0 Å². The summed E-state index contributed by atoms with van der Waals surface area (Å²) >= 11 is 0. The van der Waals surface area contributed by atoms with Crippen LogP contribution in [0.5, 0.6) is 0 Å². The summed E-state index contributed by atoms with van der Waals surface area (Å²) in [6.07, 6.45) is 4.91. The lowest BCUT2D eigenvalue weighted by atomic mass is 9.95. The molecule has 32 heavy (non-hydrogen) atoms. The summed E-state index contributed by atoms with van der Waals surface area (Å²) < 4.78 is 0. The summed E-state index contributed by atoms with van der Waals surface area (Å²) in [6.45, 7) is 0.173. The van der Waals surface area contributed by atoms with Gasteiger partial charge >= 0.3 is 0 Å². The molecular weight excluding hydrogens is 402 g/mol. The van der Waals surface area contributed by atoms with Gasteiger partial charge in [-0.15, -0.1) is 0 Å². The fraction of sp³-hybridized carbons (Fsp3) is 0.0769. The van der Waals surface area contributed by atoms with Gasteiger partial charge in [0.05, 0.1) is 11.3 Å². The molecule has 1 atom stereocenters. The van der Waals surface area contributed by atoms with E-state index in [1.807, 2.05) is 42.5 Å². The standard InChI is InChI=1S/C26H19N3O3/c30-24(20-11-5-9-18-8-1-2-10-19(18)20)22-23(21-12-3-4-14-28-21)29(26(32)25(22)31)16-17-7-6-13-27-15-17/h1-15,23,30H,16H2/b24-22-. The molecule has 1 amide bonds. The zero-order chi connectivity index (χ0) is 22.1. The minimum Gasteiger partial charge on any atom is -0.507 e. The van der Waals surface area contributed by atoms with Crippen LogP contribution in [0.15, 0.2) is 97.0 Å². The molecular formula is C26H19N3O3. The molecule has 3 heterocycles. The normalized spacial score (nSPS) is 17.8. The molecule has 0 radical (unpaired) electrons. The van der Waals surface area contributed by atoms with Crippen LogP contribution in [0, 0.1) is 0 Å². The van der Waals surface area contributed by atoms with E-state index in [1.54, 1.807) is 48.9 Å². The molecule has 4 aromatic rings. The van der Waals surface area contributed by atoms with Crippen molar-refractivity contribution < 1.29 is 14.7 Å². The summed E-state index contributed by atoms with van der Waals surface area (Å²) in [5.74, 6) is -1.61. The molecule has 6 heteroatoms. The first-order valence-electron chi connectivity index (χ1n) is 10.2. The van der Waals surface area contributed by atoms with Crippen molar-refractivity contribution in [2.24, 2.45) is 0 Å². The fourth-order valence-corrected chi connectivity index (χ4v) is 4.15. The fourth-order valence-electron chi connectivity index (χ4n) is 4.15. The van der Waals surface area contributed by atoms with E-state index in [1.165, 1.54) is 4.90 Å². The maximum atomic E-state index is 13.2. The van der Waals surface area contributed by atoms with Crippen LogP contribution in [-0.2, 0) is 16.1 Å². The predicted molar refractivity (Wildman–Crippen MR) is 120 cm³/mol. The molecule has 1 unspecified atom stereocenters. The highest BCUT2D eigenvalue weighted by Gasteiger charge is 2.46. The molecule has 0 saturated carbocycles. The van der Waals surface area contributed by atoms with Gasteiger partial charge in [0.2, 0.25) is 0 Å². The van der Waals surface area contributed by atoms with Gasteiger partial charge in [-0.05, 0) is 34.5 Å². The first-order chi connectivity index (χ1) is 15.6. The van der Waals surface area contributed by atoms with E-state index in [9.17, 15) is 14.7 Å². The summed E-state index contributed by atoms with van der Waals surface area (Å²) in [5.41, 5.74) is 1.83. The number of likely N-dealkylation sites (tertiary alicyclic amines) is 1. The monoisotopic (exact) mass is 421 g/mol. The molecule has 5 rings (SSSR count). The lowest BCUT2D eigenvalue weighted by molar-refractivity contribution is -0.140. The van der Waals surface area contributed by atoms with Gasteiger partial charge in [-0.25, -0.2) is 0 Å². The Kier molecular flexibility index (Phi) is 4.95. The lowest BCUT2D eigenvalue weighted by Crippen LogP contribution is -2.29. The number of nitrogens with zero attached hydrogens (tertiary/aromatic N) is 3. The highest BCUT2D eigenvalue weighted by atomic mass is 16.3. The van der Waals surface area contributed by atoms with Gasteiger partial charge < -0.3 is 10.0 Å². The largest absolute Gasteiger partial charge is 0.507 e. The number of carbonyl (C=O) groups is 2. The van der Waals surface area contributed by atoms with Crippen LogP contribution in [0.1, 0.15) is 22.9 Å². The van der Waals surface area contributed by atoms with Gasteiger partial charge in [0.15, 0.2) is 0 Å². The van der Waals surface area contributed by atoms with E-state index in [0.717, 1.165) is 16.3 Å². The van der Waals surface area contributed by atoms with E-state index in [0.29, 0.717) is 11.3 Å². The zero-order valence-electron chi connectivity index (χ0n) is 17.1. The van der Waals surface area contributed by atoms with Gasteiger partial charge in [0.25, 0.3) is 11.7 Å². The van der Waals surface area contributed by atoms with E-state index in [4.69, 9.17) is 0 Å². The van der Waals surface area contributed by atoms with Gasteiger partial charge in [0, 0.05) is 30.7 Å². The van der Waals surface area contributed by atoms with Crippen LogP contribution in [0.25, 0.3) is 16.5 Å². The molecule has 1 aliphatic rings. The summed E-state index contributed by atoms with van der Waals surface area (Å²) in [6, 6.07) is 21.2. The molecule has 6 nitrogen and oxygen atoms in total. The van der Waals surface area contributed by atoms with E-state index in [2.05, 4.69) is 9.97 Å². The molecule has 2 aromatic heterocycles. The number of pyridine rings is 2. The lowest BCUT2D eigenvalue weighted by Gasteiger charge is -2.24.